The Morgan fingerprint density at radius 3 is 2.15 bits per heavy atom. The van der Waals surface area contributed by atoms with Gasteiger partial charge in [0.15, 0.2) is 0 Å². The fraction of sp³-hybridized carbons (Fsp3) is 0.933. The first kappa shape index (κ1) is 17.3. The van der Waals surface area contributed by atoms with Crippen LogP contribution in [0.1, 0.15) is 53.4 Å². The fourth-order valence-electron chi connectivity index (χ4n) is 2.95. The summed E-state index contributed by atoms with van der Waals surface area (Å²) in [4.78, 5) is 11.2. The molecule has 0 radical (unpaired) electrons. The summed E-state index contributed by atoms with van der Waals surface area (Å²) >= 11 is 0. The molecule has 0 spiro atoms. The molecule has 1 aliphatic carbocycles. The van der Waals surface area contributed by atoms with Gasteiger partial charge in [0.1, 0.15) is 6.10 Å². The molecule has 1 aliphatic rings. The third-order valence-electron chi connectivity index (χ3n) is 4.36. The molecular formula is C15H26F2O3. The van der Waals surface area contributed by atoms with Gasteiger partial charge in [0, 0.05) is 0 Å². The molecule has 1 N–H and O–H groups in total. The second kappa shape index (κ2) is 6.37. The summed E-state index contributed by atoms with van der Waals surface area (Å²) in [5.41, 5.74) is 0.152. The molecule has 118 valence electrons. The van der Waals surface area contributed by atoms with Gasteiger partial charge in [0.25, 0.3) is 0 Å². The number of aliphatic hydroxyl groups excluding tert-OH is 1. The van der Waals surface area contributed by atoms with Crippen molar-refractivity contribution in [1.82, 2.24) is 0 Å². The van der Waals surface area contributed by atoms with Crippen LogP contribution in [0.25, 0.3) is 0 Å². The molecule has 0 heterocycles. The lowest BCUT2D eigenvalue weighted by molar-refractivity contribution is -0.195. The van der Waals surface area contributed by atoms with Crippen molar-refractivity contribution in [2.75, 3.05) is 6.61 Å². The number of hydrogen-bond acceptors (Lipinski definition) is 3. The van der Waals surface area contributed by atoms with Gasteiger partial charge in [-0.05, 0) is 49.9 Å². The normalized spacial score (nSPS) is 26.1. The molecule has 0 aromatic rings. The summed E-state index contributed by atoms with van der Waals surface area (Å²) in [5, 5.41) is 9.84. The Balaban J connectivity index is 2.62. The number of esters is 1. The molecule has 0 amide bonds. The lowest BCUT2D eigenvalue weighted by atomic mass is 9.68. The third kappa shape index (κ3) is 3.90. The van der Waals surface area contributed by atoms with Crippen LogP contribution < -0.4 is 0 Å². The van der Waals surface area contributed by atoms with Gasteiger partial charge in [0.2, 0.25) is 0 Å². The van der Waals surface area contributed by atoms with E-state index in [9.17, 15) is 18.7 Å². The van der Waals surface area contributed by atoms with Crippen molar-refractivity contribution in [2.24, 2.45) is 17.3 Å². The number of alkyl halides is 2. The topological polar surface area (TPSA) is 46.5 Å². The summed E-state index contributed by atoms with van der Waals surface area (Å²) in [7, 11) is 0. The Morgan fingerprint density at radius 2 is 1.75 bits per heavy atom. The number of rotatable bonds is 4. The van der Waals surface area contributed by atoms with Crippen LogP contribution >= 0.6 is 0 Å². The van der Waals surface area contributed by atoms with Crippen molar-refractivity contribution in [1.29, 1.82) is 0 Å². The Hall–Kier alpha value is -0.710. The minimum Gasteiger partial charge on any atom is -0.461 e. The average Bonchev–Trinajstić information content (AvgIpc) is 2.37. The smallest absolute Gasteiger partial charge is 0.379 e. The van der Waals surface area contributed by atoms with Crippen LogP contribution in [0.5, 0.6) is 0 Å². The molecule has 5 heteroatoms. The highest BCUT2D eigenvalue weighted by atomic mass is 19.3. The summed E-state index contributed by atoms with van der Waals surface area (Å²) in [6, 6.07) is 0. The van der Waals surface area contributed by atoms with Crippen molar-refractivity contribution in [3.63, 3.8) is 0 Å². The van der Waals surface area contributed by atoms with E-state index in [0.717, 1.165) is 12.8 Å². The fourth-order valence-corrected chi connectivity index (χ4v) is 2.95. The van der Waals surface area contributed by atoms with E-state index in [1.165, 1.54) is 6.92 Å². The summed E-state index contributed by atoms with van der Waals surface area (Å²) in [5.74, 6) is -5.49. The number of ether oxygens (including phenoxy) is 1. The van der Waals surface area contributed by atoms with E-state index in [1.54, 1.807) is 0 Å². The van der Waals surface area contributed by atoms with Gasteiger partial charge >= 0.3 is 11.9 Å². The highest BCUT2D eigenvalue weighted by Crippen LogP contribution is 2.42. The quantitative estimate of drug-likeness (QED) is 0.808. The molecule has 0 aromatic heterocycles. The van der Waals surface area contributed by atoms with Crippen molar-refractivity contribution >= 4 is 5.97 Å². The molecule has 1 unspecified atom stereocenters. The molecule has 3 nitrogen and oxygen atoms in total. The Labute approximate surface area is 119 Å². The van der Waals surface area contributed by atoms with Gasteiger partial charge in [-0.15, -0.1) is 0 Å². The van der Waals surface area contributed by atoms with Crippen molar-refractivity contribution in [3.8, 4) is 0 Å². The predicted octanol–water partition coefficient (Wildman–Crippen LogP) is 3.40. The van der Waals surface area contributed by atoms with Crippen LogP contribution in [0.2, 0.25) is 0 Å². The van der Waals surface area contributed by atoms with E-state index in [2.05, 4.69) is 25.5 Å². The summed E-state index contributed by atoms with van der Waals surface area (Å²) in [6.45, 7) is 7.78. The monoisotopic (exact) mass is 292 g/mol. The first-order chi connectivity index (χ1) is 9.10. The molecule has 0 saturated heterocycles. The zero-order valence-corrected chi connectivity index (χ0v) is 12.8. The van der Waals surface area contributed by atoms with E-state index in [0.29, 0.717) is 18.8 Å². The zero-order valence-electron chi connectivity index (χ0n) is 12.8. The Bertz CT molecular complexity index is 329. The maximum Gasteiger partial charge on any atom is 0.379 e. The molecule has 1 atom stereocenters. The van der Waals surface area contributed by atoms with Gasteiger partial charge in [-0.3, -0.25) is 0 Å². The highest BCUT2D eigenvalue weighted by molar-refractivity contribution is 5.78. The van der Waals surface area contributed by atoms with E-state index in [1.807, 2.05) is 0 Å². The third-order valence-corrected chi connectivity index (χ3v) is 4.36. The molecule has 1 saturated carbocycles. The predicted molar refractivity (Wildman–Crippen MR) is 72.5 cm³/mol. The maximum atomic E-state index is 13.8. The number of carbonyl (C=O) groups excluding carboxylic acids is 1. The first-order valence-corrected chi connectivity index (χ1v) is 7.33. The van der Waals surface area contributed by atoms with Gasteiger partial charge in [-0.2, -0.15) is 8.78 Å². The van der Waals surface area contributed by atoms with Crippen LogP contribution in [0, 0.1) is 17.3 Å². The van der Waals surface area contributed by atoms with Gasteiger partial charge in [0.05, 0.1) is 6.61 Å². The minimum absolute atomic E-state index is 0.113. The molecule has 0 bridgehead atoms. The van der Waals surface area contributed by atoms with Crippen molar-refractivity contribution in [3.05, 3.63) is 0 Å². The molecular weight excluding hydrogens is 266 g/mol. The highest BCUT2D eigenvalue weighted by Gasteiger charge is 2.52. The molecule has 20 heavy (non-hydrogen) atoms. The lowest BCUT2D eigenvalue weighted by Gasteiger charge is -2.39. The maximum absolute atomic E-state index is 13.8. The van der Waals surface area contributed by atoms with Crippen LogP contribution in [0.4, 0.5) is 8.78 Å². The van der Waals surface area contributed by atoms with E-state index in [-0.39, 0.29) is 12.0 Å². The van der Waals surface area contributed by atoms with Gasteiger partial charge in [-0.1, -0.05) is 20.8 Å². The minimum atomic E-state index is -3.81. The Morgan fingerprint density at radius 1 is 1.25 bits per heavy atom. The largest absolute Gasteiger partial charge is 0.461 e. The summed E-state index contributed by atoms with van der Waals surface area (Å²) in [6.07, 6.45) is 0.729. The van der Waals surface area contributed by atoms with E-state index >= 15 is 0 Å². The molecule has 1 fully saturated rings. The SMILES string of the molecule is CCOC(=O)C(F)(F)C(O)C1CCC(C(C)(C)C)CC1. The molecule has 0 aromatic carbocycles. The lowest BCUT2D eigenvalue weighted by Crippen LogP contribution is -2.48. The van der Waals surface area contributed by atoms with Crippen LogP contribution in [-0.4, -0.2) is 29.7 Å². The second-order valence-electron chi connectivity index (χ2n) is 6.77. The summed E-state index contributed by atoms with van der Waals surface area (Å²) < 4.78 is 31.9. The van der Waals surface area contributed by atoms with E-state index < -0.39 is 23.9 Å². The molecule has 1 rings (SSSR count). The molecule has 0 aliphatic heterocycles. The number of halogens is 2. The van der Waals surface area contributed by atoms with Crippen LogP contribution in [-0.2, 0) is 9.53 Å². The van der Waals surface area contributed by atoms with Gasteiger partial charge < -0.3 is 9.84 Å². The van der Waals surface area contributed by atoms with Crippen LogP contribution in [0.3, 0.4) is 0 Å². The van der Waals surface area contributed by atoms with E-state index in [4.69, 9.17) is 0 Å². The van der Waals surface area contributed by atoms with Crippen molar-refractivity contribution < 1.29 is 23.4 Å². The Kier molecular flexibility index (Phi) is 5.53. The first-order valence-electron chi connectivity index (χ1n) is 7.33. The van der Waals surface area contributed by atoms with Crippen molar-refractivity contribution in [2.45, 2.75) is 65.4 Å². The number of hydrogen-bond donors (Lipinski definition) is 1. The standard InChI is InChI=1S/C15H26F2O3/c1-5-20-13(19)15(16,17)12(18)10-6-8-11(9-7-10)14(2,3)4/h10-12,18H,5-9H2,1-4H3. The number of aliphatic hydroxyl groups is 1. The van der Waals surface area contributed by atoms with Crippen LogP contribution in [0.15, 0.2) is 0 Å². The van der Waals surface area contributed by atoms with Gasteiger partial charge in [-0.25, -0.2) is 4.79 Å². The number of carbonyl (C=O) groups is 1. The zero-order chi connectivity index (χ0) is 15.6. The second-order valence-corrected chi connectivity index (χ2v) is 6.77. The average molecular weight is 292 g/mol.